The molecule has 0 heterocycles. The lowest BCUT2D eigenvalue weighted by Gasteiger charge is -2.22. The van der Waals surface area contributed by atoms with Gasteiger partial charge in [0.2, 0.25) is 10.0 Å². The Morgan fingerprint density at radius 2 is 2.11 bits per heavy atom. The quantitative estimate of drug-likeness (QED) is 0.929. The summed E-state index contributed by atoms with van der Waals surface area (Å²) in [6.07, 6.45) is 4.66. The largest absolute Gasteiger partial charge is 0.216 e. The van der Waals surface area contributed by atoms with E-state index in [1.807, 2.05) is 0 Å². The van der Waals surface area contributed by atoms with Gasteiger partial charge < -0.3 is 0 Å². The number of rotatable bonds is 4. The van der Waals surface area contributed by atoms with Crippen molar-refractivity contribution in [2.45, 2.75) is 37.5 Å². The van der Waals surface area contributed by atoms with Crippen LogP contribution in [0.4, 0.5) is 0 Å². The van der Waals surface area contributed by atoms with Gasteiger partial charge in [0.1, 0.15) is 0 Å². The lowest BCUT2D eigenvalue weighted by atomic mass is 9.96. The molecule has 2 bridgehead atoms. The highest BCUT2D eigenvalue weighted by atomic mass is 35.5. The summed E-state index contributed by atoms with van der Waals surface area (Å²) < 4.78 is 27.3. The van der Waals surface area contributed by atoms with Crippen LogP contribution in [0.1, 0.15) is 31.2 Å². The Bertz CT molecular complexity index is 573. The van der Waals surface area contributed by atoms with E-state index in [0.717, 1.165) is 17.9 Å². The molecule has 3 nitrogen and oxygen atoms in total. The number of nitrogens with one attached hydrogen (secondary N) is 1. The second kappa shape index (κ2) is 5.08. The van der Waals surface area contributed by atoms with E-state index in [1.54, 1.807) is 24.3 Å². The Balaban J connectivity index is 1.66. The average Bonchev–Trinajstić information content (AvgIpc) is 2.89. The lowest BCUT2D eigenvalue weighted by molar-refractivity contribution is 0.390. The third kappa shape index (κ3) is 3.12. The van der Waals surface area contributed by atoms with Crippen molar-refractivity contribution in [2.24, 2.45) is 11.8 Å². The van der Waals surface area contributed by atoms with Crippen LogP contribution in [0.25, 0.3) is 0 Å². The SMILES string of the molecule is O=S(=O)(Cc1cccc(Cl)c1)N[C@@H]1C[C@H]2CC[C@H]1C2. The van der Waals surface area contributed by atoms with Crippen molar-refractivity contribution in [3.63, 3.8) is 0 Å². The van der Waals surface area contributed by atoms with Crippen molar-refractivity contribution >= 4 is 21.6 Å². The topological polar surface area (TPSA) is 46.2 Å². The minimum absolute atomic E-state index is 0.0153. The zero-order valence-electron chi connectivity index (χ0n) is 10.7. The number of hydrogen-bond acceptors (Lipinski definition) is 2. The molecular weight excluding hydrogens is 282 g/mol. The van der Waals surface area contributed by atoms with E-state index < -0.39 is 10.0 Å². The Labute approximate surface area is 119 Å². The second-order valence-corrected chi connectivity index (χ2v) is 7.98. The van der Waals surface area contributed by atoms with Crippen LogP contribution in [0.3, 0.4) is 0 Å². The maximum Gasteiger partial charge on any atom is 0.216 e. The monoisotopic (exact) mass is 299 g/mol. The van der Waals surface area contributed by atoms with Crippen LogP contribution in [0, 0.1) is 11.8 Å². The standard InChI is InChI=1S/C14H18ClNO2S/c15-13-3-1-2-11(7-13)9-19(17,18)16-14-8-10-4-5-12(14)6-10/h1-3,7,10,12,14,16H,4-6,8-9H2/t10-,12-,14+/m0/s1. The zero-order valence-corrected chi connectivity index (χ0v) is 12.3. The number of benzene rings is 1. The maximum atomic E-state index is 12.2. The number of sulfonamides is 1. The summed E-state index contributed by atoms with van der Waals surface area (Å²) >= 11 is 5.88. The molecule has 0 spiro atoms. The van der Waals surface area contributed by atoms with E-state index >= 15 is 0 Å². The van der Waals surface area contributed by atoms with E-state index in [1.165, 1.54) is 19.3 Å². The third-order valence-corrected chi connectivity index (χ3v) is 5.93. The Hall–Kier alpha value is -0.580. The summed E-state index contributed by atoms with van der Waals surface area (Å²) in [5.74, 6) is 1.31. The predicted molar refractivity (Wildman–Crippen MR) is 76.4 cm³/mol. The van der Waals surface area contributed by atoms with Crippen LogP contribution in [0.5, 0.6) is 0 Å². The summed E-state index contributed by atoms with van der Waals surface area (Å²) in [6.45, 7) is 0. The van der Waals surface area contributed by atoms with Gasteiger partial charge in [-0.2, -0.15) is 0 Å². The zero-order chi connectivity index (χ0) is 13.5. The third-order valence-electron chi connectivity index (χ3n) is 4.31. The number of hydrogen-bond donors (Lipinski definition) is 1. The molecule has 3 rings (SSSR count). The van der Waals surface area contributed by atoms with Gasteiger partial charge in [-0.15, -0.1) is 0 Å². The first kappa shape index (κ1) is 13.4. The smallest absolute Gasteiger partial charge is 0.212 e. The van der Waals surface area contributed by atoms with Crippen molar-refractivity contribution in [2.75, 3.05) is 0 Å². The highest BCUT2D eigenvalue weighted by Gasteiger charge is 2.40. The van der Waals surface area contributed by atoms with Crippen molar-refractivity contribution < 1.29 is 8.42 Å². The van der Waals surface area contributed by atoms with Crippen molar-refractivity contribution in [1.82, 2.24) is 4.72 Å². The summed E-state index contributed by atoms with van der Waals surface area (Å²) in [7, 11) is -3.27. The van der Waals surface area contributed by atoms with Crippen LogP contribution in [-0.2, 0) is 15.8 Å². The Kier molecular flexibility index (Phi) is 3.58. The maximum absolute atomic E-state index is 12.2. The molecular formula is C14H18ClNO2S. The van der Waals surface area contributed by atoms with Crippen molar-refractivity contribution in [3.05, 3.63) is 34.9 Å². The first-order chi connectivity index (χ1) is 9.02. The van der Waals surface area contributed by atoms with E-state index in [-0.39, 0.29) is 11.8 Å². The van der Waals surface area contributed by atoms with E-state index in [0.29, 0.717) is 10.9 Å². The van der Waals surface area contributed by atoms with Crippen LogP contribution in [-0.4, -0.2) is 14.5 Å². The second-order valence-electron chi connectivity index (χ2n) is 5.79. The van der Waals surface area contributed by atoms with Crippen LogP contribution in [0.2, 0.25) is 5.02 Å². The molecule has 1 N–H and O–H groups in total. The molecule has 2 aliphatic rings. The molecule has 0 unspecified atom stereocenters. The molecule has 104 valence electrons. The minimum Gasteiger partial charge on any atom is -0.212 e. The van der Waals surface area contributed by atoms with E-state index in [4.69, 9.17) is 11.6 Å². The highest BCUT2D eigenvalue weighted by molar-refractivity contribution is 7.88. The predicted octanol–water partition coefficient (Wildman–Crippen LogP) is 2.95. The summed E-state index contributed by atoms with van der Waals surface area (Å²) in [5, 5.41) is 0.577. The minimum atomic E-state index is -3.27. The van der Waals surface area contributed by atoms with Gasteiger partial charge in [0.25, 0.3) is 0 Å². The molecule has 2 fully saturated rings. The number of fused-ring (bicyclic) bond motifs is 2. The fourth-order valence-corrected chi connectivity index (χ4v) is 5.17. The van der Waals surface area contributed by atoms with Gasteiger partial charge in [-0.05, 0) is 48.8 Å². The van der Waals surface area contributed by atoms with E-state index in [9.17, 15) is 8.42 Å². The average molecular weight is 300 g/mol. The van der Waals surface area contributed by atoms with Gasteiger partial charge in [0.05, 0.1) is 5.75 Å². The fourth-order valence-electron chi connectivity index (χ4n) is 3.51. The Morgan fingerprint density at radius 1 is 1.26 bits per heavy atom. The summed E-state index contributed by atoms with van der Waals surface area (Å²) in [4.78, 5) is 0. The van der Waals surface area contributed by atoms with Gasteiger partial charge in [0.15, 0.2) is 0 Å². The molecule has 0 aliphatic heterocycles. The van der Waals surface area contributed by atoms with Crippen LogP contribution < -0.4 is 4.72 Å². The molecule has 1 aromatic rings. The van der Waals surface area contributed by atoms with Gasteiger partial charge in [-0.1, -0.05) is 30.2 Å². The Morgan fingerprint density at radius 3 is 2.74 bits per heavy atom. The molecule has 2 aliphatic carbocycles. The van der Waals surface area contributed by atoms with E-state index in [2.05, 4.69) is 4.72 Å². The molecule has 0 saturated heterocycles. The lowest BCUT2D eigenvalue weighted by Crippen LogP contribution is -2.39. The molecule has 3 atom stereocenters. The van der Waals surface area contributed by atoms with Crippen molar-refractivity contribution in [3.8, 4) is 0 Å². The summed E-state index contributed by atoms with van der Waals surface area (Å²) in [6, 6.07) is 7.20. The molecule has 0 radical (unpaired) electrons. The number of halogens is 1. The summed E-state index contributed by atoms with van der Waals surface area (Å²) in [5.41, 5.74) is 0.739. The highest BCUT2D eigenvalue weighted by Crippen LogP contribution is 2.44. The van der Waals surface area contributed by atoms with Crippen LogP contribution >= 0.6 is 11.6 Å². The molecule has 1 aromatic carbocycles. The molecule has 5 heteroatoms. The van der Waals surface area contributed by atoms with Gasteiger partial charge in [-0.25, -0.2) is 13.1 Å². The molecule has 19 heavy (non-hydrogen) atoms. The van der Waals surface area contributed by atoms with Crippen LogP contribution in [0.15, 0.2) is 24.3 Å². The normalized spacial score (nSPS) is 29.8. The first-order valence-corrected chi connectivity index (χ1v) is 8.79. The van der Waals surface area contributed by atoms with Gasteiger partial charge in [0, 0.05) is 11.1 Å². The molecule has 2 saturated carbocycles. The molecule has 0 aromatic heterocycles. The van der Waals surface area contributed by atoms with Crippen molar-refractivity contribution in [1.29, 1.82) is 0 Å². The first-order valence-electron chi connectivity index (χ1n) is 6.76. The molecule has 0 amide bonds. The van der Waals surface area contributed by atoms with Gasteiger partial charge in [-0.3, -0.25) is 0 Å². The fraction of sp³-hybridized carbons (Fsp3) is 0.571. The van der Waals surface area contributed by atoms with Gasteiger partial charge >= 0.3 is 0 Å².